The van der Waals surface area contributed by atoms with Gasteiger partial charge in [0, 0.05) is 12.6 Å². The van der Waals surface area contributed by atoms with Gasteiger partial charge in [0.15, 0.2) is 0 Å². The van der Waals surface area contributed by atoms with E-state index in [1.165, 1.54) is 10.2 Å². The molecule has 0 fully saturated rings. The maximum Gasteiger partial charge on any atom is 0.266 e. The maximum absolute atomic E-state index is 11.8. The molecule has 0 amide bonds. The number of hydrogen-bond donors (Lipinski definition) is 1. The molecule has 2 rings (SSSR count). The van der Waals surface area contributed by atoms with Crippen LogP contribution in [0.5, 0.6) is 0 Å². The van der Waals surface area contributed by atoms with Crippen molar-refractivity contribution in [3.05, 3.63) is 63.6 Å². The Balaban J connectivity index is 2.24. The van der Waals surface area contributed by atoms with E-state index in [-0.39, 0.29) is 11.6 Å². The number of nitrogens with two attached hydrogens (primary N) is 1. The fourth-order valence-corrected chi connectivity index (χ4v) is 2.36. The number of nitrogens with zero attached hydrogens (tertiary/aromatic N) is 2. The summed E-state index contributed by atoms with van der Waals surface area (Å²) in [5.41, 5.74) is 9.27. The summed E-state index contributed by atoms with van der Waals surface area (Å²) in [5.74, 6) is 0.499. The van der Waals surface area contributed by atoms with E-state index in [1.54, 1.807) is 12.1 Å². The van der Waals surface area contributed by atoms with Crippen molar-refractivity contribution in [3.63, 3.8) is 0 Å². The lowest BCUT2D eigenvalue weighted by Gasteiger charge is -2.14. The Hall–Kier alpha value is -1.94. The highest BCUT2D eigenvalue weighted by molar-refractivity contribution is 5.30. The number of aromatic nitrogens is 2. The Morgan fingerprint density at radius 3 is 2.32 bits per heavy atom. The minimum absolute atomic E-state index is 0.0699. The van der Waals surface area contributed by atoms with Crippen LogP contribution in [0.3, 0.4) is 0 Å². The van der Waals surface area contributed by atoms with Crippen LogP contribution in [0.2, 0.25) is 0 Å². The Morgan fingerprint density at radius 2 is 1.73 bits per heavy atom. The third kappa shape index (κ3) is 3.83. The summed E-state index contributed by atoms with van der Waals surface area (Å²) in [6.07, 6.45) is 1.97. The summed E-state index contributed by atoms with van der Waals surface area (Å²) in [4.78, 5) is 11.8. The van der Waals surface area contributed by atoms with Gasteiger partial charge in [0.25, 0.3) is 5.56 Å². The number of unbranched alkanes of at least 4 members (excludes halogenated alkanes) is 1. The van der Waals surface area contributed by atoms with Crippen LogP contribution in [-0.4, -0.2) is 9.78 Å². The third-order valence-electron chi connectivity index (χ3n) is 3.89. The zero-order valence-electron chi connectivity index (χ0n) is 13.6. The first kappa shape index (κ1) is 16.4. The first-order chi connectivity index (χ1) is 10.5. The van der Waals surface area contributed by atoms with Crippen molar-refractivity contribution in [1.29, 1.82) is 0 Å². The van der Waals surface area contributed by atoms with Gasteiger partial charge in [0.1, 0.15) is 0 Å². The highest BCUT2D eigenvalue weighted by Gasteiger charge is 2.12. The van der Waals surface area contributed by atoms with Crippen LogP contribution >= 0.6 is 0 Å². The Kier molecular flexibility index (Phi) is 5.50. The highest BCUT2D eigenvalue weighted by Crippen LogP contribution is 2.20. The minimum Gasteiger partial charge on any atom is -0.319 e. The smallest absolute Gasteiger partial charge is 0.266 e. The van der Waals surface area contributed by atoms with E-state index in [9.17, 15) is 4.79 Å². The molecule has 1 aromatic carbocycles. The Bertz CT molecular complexity index is 659. The van der Waals surface area contributed by atoms with Gasteiger partial charge in [-0.3, -0.25) is 4.79 Å². The molecule has 2 aromatic rings. The van der Waals surface area contributed by atoms with Crippen molar-refractivity contribution >= 4 is 0 Å². The summed E-state index contributed by atoms with van der Waals surface area (Å²) in [6.45, 7) is 7.07. The second-order valence-corrected chi connectivity index (χ2v) is 5.97. The van der Waals surface area contributed by atoms with Gasteiger partial charge in [-0.05, 0) is 29.5 Å². The van der Waals surface area contributed by atoms with Crippen LogP contribution in [0.15, 0.2) is 41.2 Å². The predicted molar refractivity (Wildman–Crippen MR) is 90.0 cm³/mol. The monoisotopic (exact) mass is 299 g/mol. The molecule has 1 heterocycles. The van der Waals surface area contributed by atoms with Crippen LogP contribution in [0.25, 0.3) is 0 Å². The number of hydrogen-bond acceptors (Lipinski definition) is 3. The number of benzene rings is 1. The first-order valence-electron chi connectivity index (χ1n) is 7.96. The van der Waals surface area contributed by atoms with Gasteiger partial charge in [0.2, 0.25) is 0 Å². The Morgan fingerprint density at radius 1 is 1.09 bits per heavy atom. The molecular weight excluding hydrogens is 274 g/mol. The topological polar surface area (TPSA) is 60.9 Å². The SMILES string of the molecule is CCCCn1nc(C(N)c2ccc(C(C)C)cc2)ccc1=O. The zero-order chi connectivity index (χ0) is 16.1. The zero-order valence-corrected chi connectivity index (χ0v) is 13.6. The van der Waals surface area contributed by atoms with E-state index < -0.39 is 0 Å². The van der Waals surface area contributed by atoms with Gasteiger partial charge >= 0.3 is 0 Å². The van der Waals surface area contributed by atoms with Gasteiger partial charge < -0.3 is 5.73 Å². The third-order valence-corrected chi connectivity index (χ3v) is 3.89. The largest absolute Gasteiger partial charge is 0.319 e. The summed E-state index contributed by atoms with van der Waals surface area (Å²) in [6, 6.07) is 11.3. The molecule has 1 atom stereocenters. The molecule has 0 aliphatic carbocycles. The molecule has 0 aliphatic heterocycles. The molecule has 1 aromatic heterocycles. The second kappa shape index (κ2) is 7.36. The van der Waals surface area contributed by atoms with Crippen LogP contribution in [0, 0.1) is 0 Å². The maximum atomic E-state index is 11.8. The normalized spacial score (nSPS) is 12.6. The van der Waals surface area contributed by atoms with E-state index in [0.29, 0.717) is 12.5 Å². The summed E-state index contributed by atoms with van der Waals surface area (Å²) >= 11 is 0. The second-order valence-electron chi connectivity index (χ2n) is 5.97. The average molecular weight is 299 g/mol. The molecule has 4 nitrogen and oxygen atoms in total. The predicted octanol–water partition coefficient (Wildman–Crippen LogP) is 3.21. The van der Waals surface area contributed by atoms with Crippen molar-refractivity contribution < 1.29 is 0 Å². The standard InChI is InChI=1S/C18H25N3O/c1-4-5-12-21-17(22)11-10-16(20-21)18(19)15-8-6-14(7-9-15)13(2)3/h6-11,13,18H,4-5,12,19H2,1-3H3. The van der Waals surface area contributed by atoms with Crippen molar-refractivity contribution in [2.24, 2.45) is 5.73 Å². The number of rotatable bonds is 6. The van der Waals surface area contributed by atoms with E-state index >= 15 is 0 Å². The van der Waals surface area contributed by atoms with E-state index in [0.717, 1.165) is 24.1 Å². The summed E-state index contributed by atoms with van der Waals surface area (Å²) in [5, 5.41) is 4.42. The molecule has 0 saturated heterocycles. The molecule has 0 saturated carbocycles. The molecule has 2 N–H and O–H groups in total. The first-order valence-corrected chi connectivity index (χ1v) is 7.96. The van der Waals surface area contributed by atoms with Gasteiger partial charge in [-0.2, -0.15) is 5.10 Å². The fraction of sp³-hybridized carbons (Fsp3) is 0.444. The highest BCUT2D eigenvalue weighted by atomic mass is 16.1. The lowest BCUT2D eigenvalue weighted by atomic mass is 9.98. The molecule has 118 valence electrons. The minimum atomic E-state index is -0.310. The van der Waals surface area contributed by atoms with Crippen molar-refractivity contribution in [2.45, 2.75) is 52.1 Å². The van der Waals surface area contributed by atoms with E-state index in [4.69, 9.17) is 5.73 Å². The van der Waals surface area contributed by atoms with Gasteiger partial charge in [-0.25, -0.2) is 4.68 Å². The molecule has 0 aliphatic rings. The molecule has 0 bridgehead atoms. The summed E-state index contributed by atoms with van der Waals surface area (Å²) in [7, 11) is 0. The van der Waals surface area contributed by atoms with Crippen molar-refractivity contribution in [2.75, 3.05) is 0 Å². The van der Waals surface area contributed by atoms with Gasteiger partial charge in [0.05, 0.1) is 11.7 Å². The molecule has 22 heavy (non-hydrogen) atoms. The molecular formula is C18H25N3O. The molecule has 4 heteroatoms. The van der Waals surface area contributed by atoms with Gasteiger partial charge in [-0.1, -0.05) is 51.5 Å². The van der Waals surface area contributed by atoms with Crippen LogP contribution < -0.4 is 11.3 Å². The quantitative estimate of drug-likeness (QED) is 0.891. The molecule has 0 spiro atoms. The van der Waals surface area contributed by atoms with E-state index in [2.05, 4.69) is 38.0 Å². The summed E-state index contributed by atoms with van der Waals surface area (Å²) < 4.78 is 1.52. The lowest BCUT2D eigenvalue weighted by molar-refractivity contribution is 0.527. The molecule has 0 radical (unpaired) electrons. The van der Waals surface area contributed by atoms with Gasteiger partial charge in [-0.15, -0.1) is 0 Å². The van der Waals surface area contributed by atoms with Crippen LogP contribution in [0.1, 0.15) is 62.4 Å². The van der Waals surface area contributed by atoms with Crippen LogP contribution in [0.4, 0.5) is 0 Å². The lowest BCUT2D eigenvalue weighted by Crippen LogP contribution is -2.26. The van der Waals surface area contributed by atoms with Crippen molar-refractivity contribution in [3.8, 4) is 0 Å². The van der Waals surface area contributed by atoms with Crippen LogP contribution in [-0.2, 0) is 6.54 Å². The van der Waals surface area contributed by atoms with Crippen molar-refractivity contribution in [1.82, 2.24) is 9.78 Å². The molecule has 1 unspecified atom stereocenters. The van der Waals surface area contributed by atoms with E-state index in [1.807, 2.05) is 12.1 Å². The average Bonchev–Trinajstić information content (AvgIpc) is 2.53. The fourth-order valence-electron chi connectivity index (χ4n) is 2.36. The number of aryl methyl sites for hydroxylation is 1. The Labute approximate surface area is 132 Å².